The molecule has 1 saturated heterocycles. The molecule has 1 aliphatic rings. The third-order valence-corrected chi connectivity index (χ3v) is 5.56. The summed E-state index contributed by atoms with van der Waals surface area (Å²) in [4.78, 5) is 22.0. The van der Waals surface area contributed by atoms with Crippen LogP contribution in [0.4, 0.5) is 10.1 Å². The lowest BCUT2D eigenvalue weighted by Gasteiger charge is -2.21. The van der Waals surface area contributed by atoms with Gasteiger partial charge in [-0.3, -0.25) is 9.69 Å². The molecule has 1 fully saturated rings. The smallest absolute Gasteiger partial charge is 0.238 e. The van der Waals surface area contributed by atoms with Crippen molar-refractivity contribution in [2.45, 2.75) is 32.5 Å². The molecular weight excluding hydrogens is 425 g/mol. The molecule has 0 bridgehead atoms. The number of benzene rings is 2. The second-order valence-electron chi connectivity index (χ2n) is 8.28. The van der Waals surface area contributed by atoms with Crippen molar-refractivity contribution in [1.82, 2.24) is 20.2 Å². The highest BCUT2D eigenvalue weighted by atomic mass is 19.1. The van der Waals surface area contributed by atoms with Gasteiger partial charge in [-0.25, -0.2) is 9.37 Å². The average molecular weight is 454 g/mol. The fourth-order valence-electron chi connectivity index (χ4n) is 3.94. The van der Waals surface area contributed by atoms with Crippen LogP contribution in [0.3, 0.4) is 0 Å². The summed E-state index contributed by atoms with van der Waals surface area (Å²) in [5.74, 6) is -0.550. The quantitative estimate of drug-likeness (QED) is 0.485. The number of nitrogens with zero attached hydrogens (tertiary/aromatic N) is 3. The van der Waals surface area contributed by atoms with E-state index in [4.69, 9.17) is 4.74 Å². The van der Waals surface area contributed by atoms with E-state index in [0.717, 1.165) is 29.9 Å². The molecule has 4 rings (SSSR count). The molecule has 33 heavy (non-hydrogen) atoms. The van der Waals surface area contributed by atoms with Gasteiger partial charge in [-0.1, -0.05) is 24.3 Å². The number of halogens is 1. The molecular formula is C24H28FN5O3. The van der Waals surface area contributed by atoms with Crippen molar-refractivity contribution >= 4 is 11.6 Å². The van der Waals surface area contributed by atoms with Crippen LogP contribution in [0.5, 0.6) is 0 Å². The Morgan fingerprint density at radius 1 is 1.30 bits per heavy atom. The van der Waals surface area contributed by atoms with Crippen molar-refractivity contribution in [3.63, 3.8) is 0 Å². The summed E-state index contributed by atoms with van der Waals surface area (Å²) < 4.78 is 20.4. The van der Waals surface area contributed by atoms with Gasteiger partial charge < -0.3 is 25.0 Å². The number of hydrogen-bond donors (Lipinski definition) is 3. The van der Waals surface area contributed by atoms with E-state index in [1.807, 2.05) is 37.5 Å². The second-order valence-corrected chi connectivity index (χ2v) is 8.28. The van der Waals surface area contributed by atoms with Crippen molar-refractivity contribution in [2.75, 3.05) is 25.0 Å². The number of imidazole rings is 1. The fourth-order valence-corrected chi connectivity index (χ4v) is 3.94. The number of carbonyl (C=O) groups is 1. The van der Waals surface area contributed by atoms with E-state index in [0.29, 0.717) is 17.8 Å². The molecule has 0 spiro atoms. The molecule has 8 nitrogen and oxygen atoms in total. The molecule has 1 unspecified atom stereocenters. The van der Waals surface area contributed by atoms with Crippen molar-refractivity contribution in [2.24, 2.45) is 0 Å². The number of rotatable bonds is 8. The highest BCUT2D eigenvalue weighted by Crippen LogP contribution is 2.30. The zero-order valence-electron chi connectivity index (χ0n) is 18.7. The molecule has 2 aromatic carbocycles. The predicted molar refractivity (Wildman–Crippen MR) is 123 cm³/mol. The molecule has 2 atom stereocenters. The second kappa shape index (κ2) is 10.1. The number of hydrogen-bond acceptors (Lipinski definition) is 6. The lowest BCUT2D eigenvalue weighted by atomic mass is 10.0. The van der Waals surface area contributed by atoms with Crippen LogP contribution in [0.15, 0.2) is 55.0 Å². The number of carbonyl (C=O) groups excluding carboxylic acids is 1. The number of aromatic amines is 1. The van der Waals surface area contributed by atoms with Crippen LogP contribution in [0.25, 0.3) is 11.1 Å². The summed E-state index contributed by atoms with van der Waals surface area (Å²) in [6.07, 6.45) is 1.92. The molecule has 0 aliphatic carbocycles. The Labute approximate surface area is 192 Å². The van der Waals surface area contributed by atoms with Gasteiger partial charge in [-0.15, -0.1) is 0 Å². The van der Waals surface area contributed by atoms with Gasteiger partial charge in [0.05, 0.1) is 19.0 Å². The van der Waals surface area contributed by atoms with E-state index in [-0.39, 0.29) is 24.4 Å². The Morgan fingerprint density at radius 2 is 2.09 bits per heavy atom. The Bertz CT molecular complexity index is 1070. The Morgan fingerprint density at radius 3 is 2.76 bits per heavy atom. The normalized spacial score (nSPS) is 18.2. The summed E-state index contributed by atoms with van der Waals surface area (Å²) in [6.45, 7) is 3.57. The lowest BCUT2D eigenvalue weighted by molar-refractivity contribution is -0.121. The Kier molecular flexibility index (Phi) is 7.02. The third-order valence-electron chi connectivity index (χ3n) is 5.56. The summed E-state index contributed by atoms with van der Waals surface area (Å²) in [7, 11) is 2.03. The molecule has 0 saturated carbocycles. The van der Waals surface area contributed by atoms with Gasteiger partial charge in [0.15, 0.2) is 0 Å². The van der Waals surface area contributed by atoms with Crippen molar-refractivity contribution in [1.29, 1.82) is 0 Å². The number of nitrogens with one attached hydrogen (secondary N) is 2. The van der Waals surface area contributed by atoms with Crippen molar-refractivity contribution in [3.05, 3.63) is 72.1 Å². The molecule has 1 aromatic heterocycles. The van der Waals surface area contributed by atoms with Gasteiger partial charge in [0.25, 0.3) is 0 Å². The summed E-state index contributed by atoms with van der Waals surface area (Å²) >= 11 is 0. The minimum absolute atomic E-state index is 0.169. The van der Waals surface area contributed by atoms with E-state index in [1.165, 1.54) is 13.0 Å². The Balaban J connectivity index is 1.40. The molecule has 1 amide bonds. The van der Waals surface area contributed by atoms with E-state index in [2.05, 4.69) is 20.2 Å². The summed E-state index contributed by atoms with van der Waals surface area (Å²) in [5, 5.41) is 12.9. The number of anilines is 1. The molecule has 3 N–H and O–H groups in total. The topological polar surface area (TPSA) is 93.7 Å². The maximum atomic E-state index is 15.0. The van der Waals surface area contributed by atoms with Crippen LogP contribution in [0.2, 0.25) is 0 Å². The first-order valence-electron chi connectivity index (χ1n) is 10.8. The predicted octanol–water partition coefficient (Wildman–Crippen LogP) is 2.47. The zero-order valence-corrected chi connectivity index (χ0v) is 18.7. The molecule has 0 radical (unpaired) electrons. The number of aliphatic hydroxyl groups excluding tert-OH is 1. The number of amides is 1. The van der Waals surface area contributed by atoms with Gasteiger partial charge in [0.2, 0.25) is 12.3 Å². The monoisotopic (exact) mass is 453 g/mol. The fraction of sp³-hybridized carbons (Fsp3) is 0.333. The highest BCUT2D eigenvalue weighted by Gasteiger charge is 2.32. The third kappa shape index (κ3) is 5.75. The van der Waals surface area contributed by atoms with Gasteiger partial charge in [0, 0.05) is 49.7 Å². The van der Waals surface area contributed by atoms with Crippen LogP contribution in [0, 0.1) is 5.82 Å². The van der Waals surface area contributed by atoms with E-state index >= 15 is 0 Å². The van der Waals surface area contributed by atoms with E-state index in [1.54, 1.807) is 23.4 Å². The number of aliphatic hydroxyl groups is 1. The van der Waals surface area contributed by atoms with Gasteiger partial charge in [0.1, 0.15) is 5.82 Å². The molecule has 9 heteroatoms. The summed E-state index contributed by atoms with van der Waals surface area (Å²) in [5.41, 5.74) is 3.96. The molecule has 3 aromatic rings. The highest BCUT2D eigenvalue weighted by molar-refractivity contribution is 5.72. The maximum absolute atomic E-state index is 15.0. The zero-order chi connectivity index (χ0) is 23.4. The SMILES string of the molecule is CC(=O)NC[C@H]1CN(c2ccc(-c3ccc(CN(C)Cc4cnc[nH]4)cc3)c(F)c2)C(O)O1. The first-order chi connectivity index (χ1) is 15.9. The average Bonchev–Trinajstić information content (AvgIpc) is 3.42. The van der Waals surface area contributed by atoms with Crippen molar-refractivity contribution < 1.29 is 19.0 Å². The van der Waals surface area contributed by atoms with Crippen LogP contribution in [-0.4, -0.2) is 58.5 Å². The van der Waals surface area contributed by atoms with E-state index < -0.39 is 6.41 Å². The molecule has 2 heterocycles. The Hall–Kier alpha value is -3.27. The van der Waals surface area contributed by atoms with Crippen LogP contribution < -0.4 is 10.2 Å². The van der Waals surface area contributed by atoms with Gasteiger partial charge in [-0.05, 0) is 36.4 Å². The van der Waals surface area contributed by atoms with Crippen LogP contribution in [0.1, 0.15) is 18.2 Å². The number of ether oxygens (including phenoxy) is 1. The van der Waals surface area contributed by atoms with Gasteiger partial charge >= 0.3 is 0 Å². The number of H-pyrrole nitrogens is 1. The first-order valence-corrected chi connectivity index (χ1v) is 10.8. The largest absolute Gasteiger partial charge is 0.354 e. The van der Waals surface area contributed by atoms with Crippen LogP contribution >= 0.6 is 0 Å². The standard InChI is InChI=1S/C24H28FN5O3/c1-16(31)27-11-21-14-30(24(32)33-21)20-7-8-22(23(25)9-20)18-5-3-17(4-6-18)12-29(2)13-19-10-26-15-28-19/h3-10,15,21,24,32H,11-14H2,1-2H3,(H,26,28)(H,27,31)/t21-,24?/m0/s1. The lowest BCUT2D eigenvalue weighted by Crippen LogP contribution is -2.33. The first kappa shape index (κ1) is 22.9. The van der Waals surface area contributed by atoms with E-state index in [9.17, 15) is 14.3 Å². The van der Waals surface area contributed by atoms with Crippen molar-refractivity contribution in [3.8, 4) is 11.1 Å². The minimum Gasteiger partial charge on any atom is -0.354 e. The number of aromatic nitrogens is 2. The summed E-state index contributed by atoms with van der Waals surface area (Å²) in [6, 6.07) is 12.7. The maximum Gasteiger partial charge on any atom is 0.238 e. The molecule has 1 aliphatic heterocycles. The van der Waals surface area contributed by atoms with Crippen LogP contribution in [-0.2, 0) is 22.6 Å². The molecule has 174 valence electrons. The minimum atomic E-state index is -1.19. The van der Waals surface area contributed by atoms with Gasteiger partial charge in [-0.2, -0.15) is 0 Å².